The predicted molar refractivity (Wildman–Crippen MR) is 85.7 cm³/mol. The first-order valence-electron chi connectivity index (χ1n) is 6.79. The number of nitro groups is 1. The molecule has 0 bridgehead atoms. The minimum atomic E-state index is -1.18. The van der Waals surface area contributed by atoms with E-state index in [0.29, 0.717) is 10.7 Å². The number of rotatable bonds is 4. The maximum absolute atomic E-state index is 11.1. The normalized spacial score (nSPS) is 12.1. The number of aliphatic hydroxyl groups excluding tert-OH is 1. The zero-order valence-electron chi connectivity index (χ0n) is 11.8. The Balaban J connectivity index is 1.94. The molecule has 2 aromatic carbocycles. The molecule has 0 saturated heterocycles. The summed E-state index contributed by atoms with van der Waals surface area (Å²) in [6.07, 6.45) is 0.501. The van der Waals surface area contributed by atoms with Crippen LogP contribution in [-0.4, -0.2) is 19.8 Å². The summed E-state index contributed by atoms with van der Waals surface area (Å²) in [6, 6.07) is 14.7. The van der Waals surface area contributed by atoms with Gasteiger partial charge in [0.25, 0.3) is 5.69 Å². The van der Waals surface area contributed by atoms with Crippen LogP contribution in [0.4, 0.5) is 5.69 Å². The second-order valence-electron chi connectivity index (χ2n) is 4.88. The molecule has 116 valence electrons. The standard InChI is InChI=1S/C16H12ClN3O3/c17-11-5-7-12(8-6-11)19-10-9-14(18-19)16(21)13-3-1-2-4-15(13)20(22)23/h1-10,16,21H. The highest BCUT2D eigenvalue weighted by Gasteiger charge is 2.22. The molecule has 0 aliphatic rings. The van der Waals surface area contributed by atoms with E-state index in [1.807, 2.05) is 0 Å². The highest BCUT2D eigenvalue weighted by Crippen LogP contribution is 2.29. The Morgan fingerprint density at radius 2 is 1.83 bits per heavy atom. The average Bonchev–Trinajstić information content (AvgIpc) is 3.04. The van der Waals surface area contributed by atoms with Crippen LogP contribution in [0, 0.1) is 10.1 Å². The van der Waals surface area contributed by atoms with Crippen molar-refractivity contribution < 1.29 is 10.0 Å². The summed E-state index contributed by atoms with van der Waals surface area (Å²) in [5, 5.41) is 26.4. The van der Waals surface area contributed by atoms with Crippen LogP contribution in [0.2, 0.25) is 5.02 Å². The van der Waals surface area contributed by atoms with Crippen molar-refractivity contribution in [3.05, 3.63) is 87.2 Å². The number of benzene rings is 2. The Labute approximate surface area is 136 Å². The lowest BCUT2D eigenvalue weighted by atomic mass is 10.0. The number of nitro benzene ring substituents is 1. The number of aromatic nitrogens is 2. The third kappa shape index (κ3) is 3.08. The van der Waals surface area contributed by atoms with Gasteiger partial charge in [0.15, 0.2) is 0 Å². The Bertz CT molecular complexity index is 846. The van der Waals surface area contributed by atoms with Gasteiger partial charge in [-0.15, -0.1) is 0 Å². The van der Waals surface area contributed by atoms with Crippen molar-refractivity contribution >= 4 is 17.3 Å². The number of hydrogen-bond donors (Lipinski definition) is 1. The summed E-state index contributed by atoms with van der Waals surface area (Å²) in [5.41, 5.74) is 1.17. The molecule has 0 amide bonds. The van der Waals surface area contributed by atoms with Gasteiger partial charge in [-0.3, -0.25) is 10.1 Å². The maximum Gasteiger partial charge on any atom is 0.275 e. The van der Waals surface area contributed by atoms with Gasteiger partial charge in [-0.2, -0.15) is 5.10 Å². The average molecular weight is 330 g/mol. The molecule has 1 N–H and O–H groups in total. The molecule has 1 aromatic heterocycles. The Hall–Kier alpha value is -2.70. The van der Waals surface area contributed by atoms with Crippen molar-refractivity contribution in [3.63, 3.8) is 0 Å². The minimum absolute atomic E-state index is 0.138. The zero-order chi connectivity index (χ0) is 16.4. The van der Waals surface area contributed by atoms with Crippen LogP contribution in [0.1, 0.15) is 17.4 Å². The predicted octanol–water partition coefficient (Wildman–Crippen LogP) is 3.52. The Morgan fingerprint density at radius 3 is 2.52 bits per heavy atom. The first-order chi connectivity index (χ1) is 11.1. The van der Waals surface area contributed by atoms with Crippen molar-refractivity contribution in [2.75, 3.05) is 0 Å². The molecule has 0 fully saturated rings. The van der Waals surface area contributed by atoms with Crippen LogP contribution in [0.25, 0.3) is 5.69 Å². The van der Waals surface area contributed by atoms with Gasteiger partial charge in [0.05, 0.1) is 21.9 Å². The molecule has 0 spiro atoms. The van der Waals surface area contributed by atoms with Gasteiger partial charge in [-0.25, -0.2) is 4.68 Å². The number of hydrogen-bond acceptors (Lipinski definition) is 4. The molecule has 23 heavy (non-hydrogen) atoms. The third-order valence-corrected chi connectivity index (χ3v) is 3.66. The molecule has 0 saturated carbocycles. The number of nitrogens with zero attached hydrogens (tertiary/aromatic N) is 3. The third-order valence-electron chi connectivity index (χ3n) is 3.41. The molecule has 1 heterocycles. The van der Waals surface area contributed by atoms with E-state index in [1.54, 1.807) is 53.3 Å². The van der Waals surface area contributed by atoms with Gasteiger partial charge >= 0.3 is 0 Å². The molecule has 3 rings (SSSR count). The Kier molecular flexibility index (Phi) is 4.10. The molecule has 0 radical (unpaired) electrons. The molecule has 1 unspecified atom stereocenters. The molecular formula is C16H12ClN3O3. The van der Waals surface area contributed by atoms with Crippen LogP contribution in [0.15, 0.2) is 60.8 Å². The first-order valence-corrected chi connectivity index (χ1v) is 7.17. The smallest absolute Gasteiger partial charge is 0.275 e. The Morgan fingerprint density at radius 1 is 1.13 bits per heavy atom. The van der Waals surface area contributed by atoms with E-state index >= 15 is 0 Å². The number of halogens is 1. The number of aliphatic hydroxyl groups is 1. The fourth-order valence-electron chi connectivity index (χ4n) is 2.27. The van der Waals surface area contributed by atoms with E-state index in [1.165, 1.54) is 12.1 Å². The van der Waals surface area contributed by atoms with E-state index in [0.717, 1.165) is 5.69 Å². The minimum Gasteiger partial charge on any atom is -0.382 e. The second-order valence-corrected chi connectivity index (χ2v) is 5.32. The van der Waals surface area contributed by atoms with E-state index in [2.05, 4.69) is 5.10 Å². The van der Waals surface area contributed by atoms with Crippen LogP contribution < -0.4 is 0 Å². The zero-order valence-corrected chi connectivity index (χ0v) is 12.6. The lowest BCUT2D eigenvalue weighted by molar-refractivity contribution is -0.386. The van der Waals surface area contributed by atoms with Crippen LogP contribution in [0.3, 0.4) is 0 Å². The van der Waals surface area contributed by atoms with Crippen molar-refractivity contribution in [1.29, 1.82) is 0 Å². The second kappa shape index (κ2) is 6.20. The van der Waals surface area contributed by atoms with Crippen molar-refractivity contribution in [2.24, 2.45) is 0 Å². The van der Waals surface area contributed by atoms with Gasteiger partial charge in [0, 0.05) is 17.3 Å². The summed E-state index contributed by atoms with van der Waals surface area (Å²) in [6.45, 7) is 0. The number of para-hydroxylation sites is 1. The summed E-state index contributed by atoms with van der Waals surface area (Å²) < 4.78 is 1.57. The van der Waals surface area contributed by atoms with Gasteiger partial charge in [0.1, 0.15) is 6.10 Å². The summed E-state index contributed by atoms with van der Waals surface area (Å²) >= 11 is 5.85. The lowest BCUT2D eigenvalue weighted by Gasteiger charge is -2.08. The van der Waals surface area contributed by atoms with Crippen LogP contribution in [-0.2, 0) is 0 Å². The summed E-state index contributed by atoms with van der Waals surface area (Å²) in [4.78, 5) is 10.6. The van der Waals surface area contributed by atoms with Crippen molar-refractivity contribution in [3.8, 4) is 5.69 Å². The monoisotopic (exact) mass is 329 g/mol. The molecule has 7 heteroatoms. The highest BCUT2D eigenvalue weighted by molar-refractivity contribution is 6.30. The first kappa shape index (κ1) is 15.2. The van der Waals surface area contributed by atoms with Gasteiger partial charge < -0.3 is 5.11 Å². The van der Waals surface area contributed by atoms with E-state index < -0.39 is 11.0 Å². The molecular weight excluding hydrogens is 318 g/mol. The summed E-state index contributed by atoms with van der Waals surface area (Å²) in [5.74, 6) is 0. The molecule has 3 aromatic rings. The van der Waals surface area contributed by atoms with Gasteiger partial charge in [0.2, 0.25) is 0 Å². The van der Waals surface area contributed by atoms with E-state index in [4.69, 9.17) is 11.6 Å². The fraction of sp³-hybridized carbons (Fsp3) is 0.0625. The molecule has 0 aliphatic heterocycles. The highest BCUT2D eigenvalue weighted by atomic mass is 35.5. The molecule has 1 atom stereocenters. The maximum atomic E-state index is 11.1. The molecule has 0 aliphatic carbocycles. The van der Waals surface area contributed by atoms with E-state index in [-0.39, 0.29) is 11.3 Å². The van der Waals surface area contributed by atoms with Crippen molar-refractivity contribution in [1.82, 2.24) is 9.78 Å². The molecule has 6 nitrogen and oxygen atoms in total. The lowest BCUT2D eigenvalue weighted by Crippen LogP contribution is -2.05. The van der Waals surface area contributed by atoms with Crippen LogP contribution >= 0.6 is 11.6 Å². The quantitative estimate of drug-likeness (QED) is 0.586. The van der Waals surface area contributed by atoms with Crippen molar-refractivity contribution in [2.45, 2.75) is 6.10 Å². The summed E-state index contributed by atoms with van der Waals surface area (Å²) in [7, 11) is 0. The van der Waals surface area contributed by atoms with Crippen LogP contribution in [0.5, 0.6) is 0 Å². The fourth-order valence-corrected chi connectivity index (χ4v) is 2.39. The SMILES string of the molecule is O=[N+]([O-])c1ccccc1C(O)c1ccn(-c2ccc(Cl)cc2)n1. The van der Waals surface area contributed by atoms with Gasteiger partial charge in [-0.05, 0) is 36.4 Å². The largest absolute Gasteiger partial charge is 0.382 e. The van der Waals surface area contributed by atoms with Gasteiger partial charge in [-0.1, -0.05) is 23.7 Å². The topological polar surface area (TPSA) is 81.2 Å². The van der Waals surface area contributed by atoms with E-state index in [9.17, 15) is 15.2 Å².